The molecule has 2 aromatic carbocycles. The Morgan fingerprint density at radius 2 is 1.71 bits per heavy atom. The van der Waals surface area contributed by atoms with Crippen molar-refractivity contribution in [3.05, 3.63) is 70.3 Å². The van der Waals surface area contributed by atoms with Crippen molar-refractivity contribution in [2.24, 2.45) is 10.3 Å². The lowest BCUT2D eigenvalue weighted by molar-refractivity contribution is -0.137. The molecule has 0 radical (unpaired) electrons. The van der Waals surface area contributed by atoms with E-state index in [9.17, 15) is 13.2 Å². The number of hydrogen-bond acceptors (Lipinski definition) is 4. The van der Waals surface area contributed by atoms with Crippen molar-refractivity contribution in [1.82, 2.24) is 0 Å². The van der Waals surface area contributed by atoms with Crippen molar-refractivity contribution >= 4 is 11.4 Å². The van der Waals surface area contributed by atoms with Crippen molar-refractivity contribution < 1.29 is 22.8 Å². The van der Waals surface area contributed by atoms with Crippen molar-refractivity contribution in [1.29, 1.82) is 0 Å². The fourth-order valence-corrected chi connectivity index (χ4v) is 2.83. The molecule has 0 bridgehead atoms. The van der Waals surface area contributed by atoms with Crippen LogP contribution in [0.25, 0.3) is 0 Å². The monoisotopic (exact) mass is 392 g/mol. The van der Waals surface area contributed by atoms with Gasteiger partial charge in [0.2, 0.25) is 0 Å². The van der Waals surface area contributed by atoms with Gasteiger partial charge in [-0.25, -0.2) is 0 Å². The molecule has 0 aliphatic carbocycles. The summed E-state index contributed by atoms with van der Waals surface area (Å²) >= 11 is 0. The Balaban J connectivity index is 2.24. The summed E-state index contributed by atoms with van der Waals surface area (Å²) in [4.78, 5) is 10.3. The van der Waals surface area contributed by atoms with Gasteiger partial charge in [0, 0.05) is 11.1 Å². The summed E-state index contributed by atoms with van der Waals surface area (Å²) in [5, 5.41) is 7.99. The Morgan fingerprint density at radius 1 is 1.00 bits per heavy atom. The minimum absolute atomic E-state index is 0.173. The number of alkyl halides is 3. The minimum Gasteiger partial charge on any atom is -0.399 e. The van der Waals surface area contributed by atoms with E-state index in [0.717, 1.165) is 35.2 Å². The summed E-state index contributed by atoms with van der Waals surface area (Å²) in [6.45, 7) is 5.65. The maximum atomic E-state index is 12.9. The Hall–Kier alpha value is -2.83. The van der Waals surface area contributed by atoms with Crippen LogP contribution in [-0.4, -0.2) is 18.5 Å². The van der Waals surface area contributed by atoms with Gasteiger partial charge in [-0.15, -0.1) is 0 Å². The first kappa shape index (κ1) is 21.5. The van der Waals surface area contributed by atoms with Gasteiger partial charge >= 0.3 is 6.18 Å². The molecule has 7 heteroatoms. The normalized spacial score (nSPS) is 12.8. The number of hydrogen-bond donors (Lipinski definition) is 0. The average molecular weight is 392 g/mol. The number of halogens is 3. The van der Waals surface area contributed by atoms with Gasteiger partial charge in [-0.2, -0.15) is 13.2 Å². The number of aryl methyl sites for hydroxylation is 1. The highest BCUT2D eigenvalue weighted by Crippen LogP contribution is 2.29. The maximum absolute atomic E-state index is 12.9. The molecule has 150 valence electrons. The van der Waals surface area contributed by atoms with Crippen LogP contribution in [0.15, 0.2) is 52.8 Å². The molecule has 0 saturated heterocycles. The van der Waals surface area contributed by atoms with Crippen LogP contribution in [0.2, 0.25) is 0 Å². The molecule has 0 N–H and O–H groups in total. The first-order valence-corrected chi connectivity index (χ1v) is 8.81. The second-order valence-corrected chi connectivity index (χ2v) is 6.18. The quantitative estimate of drug-likeness (QED) is 0.456. The van der Waals surface area contributed by atoms with Crippen LogP contribution >= 0.6 is 0 Å². The van der Waals surface area contributed by atoms with Gasteiger partial charge in [0.15, 0.2) is 0 Å². The molecule has 4 nitrogen and oxygen atoms in total. The molecule has 0 spiro atoms. The van der Waals surface area contributed by atoms with E-state index < -0.39 is 11.7 Å². The molecule has 0 amide bonds. The van der Waals surface area contributed by atoms with Gasteiger partial charge in [0.05, 0.1) is 17.0 Å². The lowest BCUT2D eigenvalue weighted by atomic mass is 9.97. The third-order valence-electron chi connectivity index (χ3n) is 4.29. The zero-order valence-electron chi connectivity index (χ0n) is 16.3. The van der Waals surface area contributed by atoms with Crippen molar-refractivity contribution in [2.75, 3.05) is 7.11 Å². The minimum atomic E-state index is -4.40. The summed E-state index contributed by atoms with van der Waals surface area (Å²) in [5.41, 5.74) is 3.59. The molecule has 0 aliphatic heterocycles. The van der Waals surface area contributed by atoms with Gasteiger partial charge in [-0.3, -0.25) is 0 Å². The lowest BCUT2D eigenvalue weighted by Gasteiger charge is -2.13. The second kappa shape index (κ2) is 9.39. The number of benzene rings is 2. The predicted molar refractivity (Wildman–Crippen MR) is 103 cm³/mol. The molecular formula is C21H23F3N2O2. The molecule has 0 atom stereocenters. The standard InChI is InChI=1S/C21H23F3N2O2/c1-5-16-8-7-11-19(15(3)25-27-4)20(16)13-28-26-14(2)17-9-6-10-18(12-17)21(22,23)24/h6-12H,5,13H2,1-4H3/b25-15-,26-14+. The highest BCUT2D eigenvalue weighted by molar-refractivity contribution is 6.00. The summed E-state index contributed by atoms with van der Waals surface area (Å²) in [5.74, 6) is 0. The first-order valence-electron chi connectivity index (χ1n) is 8.81. The molecule has 0 fully saturated rings. The van der Waals surface area contributed by atoms with Gasteiger partial charge < -0.3 is 9.68 Å². The SMILES string of the molecule is CCc1cccc(/C(C)=N\OC)c1CO/N=C(\C)c1cccc(C(F)(F)F)c1. The fraction of sp³-hybridized carbons (Fsp3) is 0.333. The molecule has 0 aliphatic rings. The maximum Gasteiger partial charge on any atom is 0.416 e. The number of rotatable bonds is 7. The van der Waals surface area contributed by atoms with Crippen LogP contribution < -0.4 is 0 Å². The van der Waals surface area contributed by atoms with E-state index in [1.807, 2.05) is 32.0 Å². The molecule has 0 heterocycles. The highest BCUT2D eigenvalue weighted by Gasteiger charge is 2.30. The fourth-order valence-electron chi connectivity index (χ4n) is 2.83. The molecule has 28 heavy (non-hydrogen) atoms. The zero-order valence-corrected chi connectivity index (χ0v) is 16.3. The van der Waals surface area contributed by atoms with E-state index in [-0.39, 0.29) is 6.61 Å². The second-order valence-electron chi connectivity index (χ2n) is 6.18. The van der Waals surface area contributed by atoms with Crippen LogP contribution in [0.5, 0.6) is 0 Å². The lowest BCUT2D eigenvalue weighted by Crippen LogP contribution is -2.08. The molecule has 0 unspecified atom stereocenters. The van der Waals surface area contributed by atoms with Crippen LogP contribution in [-0.2, 0) is 28.9 Å². The van der Waals surface area contributed by atoms with E-state index in [1.165, 1.54) is 13.2 Å². The van der Waals surface area contributed by atoms with Crippen LogP contribution in [0.1, 0.15) is 48.6 Å². The molecule has 0 aromatic heterocycles. The van der Waals surface area contributed by atoms with Gasteiger partial charge in [0.1, 0.15) is 13.7 Å². The molecule has 2 rings (SSSR count). The molecule has 0 saturated carbocycles. The highest BCUT2D eigenvalue weighted by atomic mass is 19.4. The summed E-state index contributed by atoms with van der Waals surface area (Å²) in [6.07, 6.45) is -3.60. The Labute approximate surface area is 162 Å². The van der Waals surface area contributed by atoms with Crippen molar-refractivity contribution in [3.8, 4) is 0 Å². The Bertz CT molecular complexity index is 874. The third-order valence-corrected chi connectivity index (χ3v) is 4.29. The third kappa shape index (κ3) is 5.34. The summed E-state index contributed by atoms with van der Waals surface area (Å²) in [7, 11) is 1.48. The predicted octanol–water partition coefficient (Wildman–Crippen LogP) is 5.58. The van der Waals surface area contributed by atoms with Gasteiger partial charge in [0.25, 0.3) is 0 Å². The topological polar surface area (TPSA) is 43.2 Å². The van der Waals surface area contributed by atoms with Crippen molar-refractivity contribution in [3.63, 3.8) is 0 Å². The Kier molecular flexibility index (Phi) is 7.20. The molecular weight excluding hydrogens is 369 g/mol. The van der Waals surface area contributed by atoms with Gasteiger partial charge in [-0.05, 0) is 43.5 Å². The van der Waals surface area contributed by atoms with Crippen molar-refractivity contribution in [2.45, 2.75) is 40.0 Å². The summed E-state index contributed by atoms with van der Waals surface area (Å²) < 4.78 is 38.6. The van der Waals surface area contributed by atoms with E-state index in [0.29, 0.717) is 17.0 Å². The van der Waals surface area contributed by atoms with Crippen LogP contribution in [0.4, 0.5) is 13.2 Å². The Morgan fingerprint density at radius 3 is 2.36 bits per heavy atom. The summed E-state index contributed by atoms with van der Waals surface area (Å²) in [6, 6.07) is 10.8. The van der Waals surface area contributed by atoms with Crippen LogP contribution in [0, 0.1) is 0 Å². The smallest absolute Gasteiger partial charge is 0.399 e. The van der Waals surface area contributed by atoms with E-state index in [4.69, 9.17) is 9.68 Å². The van der Waals surface area contributed by atoms with E-state index >= 15 is 0 Å². The molecule has 2 aromatic rings. The van der Waals surface area contributed by atoms with Gasteiger partial charge in [-0.1, -0.05) is 47.6 Å². The first-order chi connectivity index (χ1) is 13.3. The average Bonchev–Trinajstić information content (AvgIpc) is 2.67. The number of nitrogens with zero attached hydrogens (tertiary/aromatic N) is 2. The van der Waals surface area contributed by atoms with E-state index in [1.54, 1.807) is 13.0 Å². The van der Waals surface area contributed by atoms with Crippen LogP contribution in [0.3, 0.4) is 0 Å². The largest absolute Gasteiger partial charge is 0.416 e. The van der Waals surface area contributed by atoms with E-state index in [2.05, 4.69) is 10.3 Å². The zero-order chi connectivity index (χ0) is 20.7. The number of oxime groups is 2.